The largest absolute Gasteiger partial charge is 0.493 e. The summed E-state index contributed by atoms with van der Waals surface area (Å²) in [5.41, 5.74) is 1.45. The Morgan fingerprint density at radius 2 is 1.90 bits per heavy atom. The average Bonchev–Trinajstić information content (AvgIpc) is 2.80. The van der Waals surface area contributed by atoms with E-state index < -0.39 is 0 Å². The number of guanidine groups is 1. The Labute approximate surface area is 182 Å². The predicted octanol–water partition coefficient (Wildman–Crippen LogP) is 3.02. The summed E-state index contributed by atoms with van der Waals surface area (Å²) < 4.78 is 5.84. The molecule has 2 saturated heterocycles. The van der Waals surface area contributed by atoms with Gasteiger partial charge in [0.1, 0.15) is 5.75 Å². The molecule has 30 heavy (non-hydrogen) atoms. The third-order valence-electron chi connectivity index (χ3n) is 7.09. The molecule has 1 aromatic carbocycles. The van der Waals surface area contributed by atoms with Crippen LogP contribution in [-0.4, -0.2) is 74.2 Å². The second-order valence-corrected chi connectivity index (χ2v) is 9.14. The van der Waals surface area contributed by atoms with Crippen LogP contribution in [-0.2, 0) is 0 Å². The molecule has 2 N–H and O–H groups in total. The third-order valence-corrected chi connectivity index (χ3v) is 7.09. The van der Waals surface area contributed by atoms with Gasteiger partial charge in [0.15, 0.2) is 5.96 Å². The molecule has 1 aromatic rings. The molecular formula is C24H39N5O. The van der Waals surface area contributed by atoms with Crippen LogP contribution in [0.4, 0.5) is 0 Å². The van der Waals surface area contributed by atoms with Crippen molar-refractivity contribution in [2.75, 3.05) is 52.9 Å². The van der Waals surface area contributed by atoms with Gasteiger partial charge in [-0.1, -0.05) is 24.6 Å². The smallest absolute Gasteiger partial charge is 0.191 e. The van der Waals surface area contributed by atoms with Crippen molar-refractivity contribution in [2.24, 2.45) is 4.99 Å². The molecule has 4 rings (SSSR count). The molecule has 0 aliphatic carbocycles. The first kappa shape index (κ1) is 21.4. The van der Waals surface area contributed by atoms with Gasteiger partial charge >= 0.3 is 0 Å². The maximum absolute atomic E-state index is 5.84. The minimum atomic E-state index is 0.211. The van der Waals surface area contributed by atoms with Gasteiger partial charge in [-0.3, -0.25) is 9.89 Å². The fourth-order valence-corrected chi connectivity index (χ4v) is 5.18. The number of para-hydroxylation sites is 1. The van der Waals surface area contributed by atoms with Crippen LogP contribution in [0.1, 0.15) is 57.1 Å². The molecule has 6 nitrogen and oxygen atoms in total. The van der Waals surface area contributed by atoms with Gasteiger partial charge in [0.25, 0.3) is 0 Å². The number of piperidine rings is 2. The lowest BCUT2D eigenvalue weighted by atomic mass is 9.84. The molecule has 0 aromatic heterocycles. The van der Waals surface area contributed by atoms with Crippen LogP contribution < -0.4 is 15.4 Å². The predicted molar refractivity (Wildman–Crippen MR) is 123 cm³/mol. The van der Waals surface area contributed by atoms with Crippen molar-refractivity contribution in [3.05, 3.63) is 29.8 Å². The fraction of sp³-hybridized carbons (Fsp3) is 0.708. The zero-order chi connectivity index (χ0) is 20.8. The summed E-state index contributed by atoms with van der Waals surface area (Å²) in [5.74, 6) is 1.94. The molecule has 1 atom stereocenters. The van der Waals surface area contributed by atoms with E-state index >= 15 is 0 Å². The minimum absolute atomic E-state index is 0.211. The van der Waals surface area contributed by atoms with E-state index in [4.69, 9.17) is 9.73 Å². The topological polar surface area (TPSA) is 52.1 Å². The molecule has 6 heteroatoms. The Morgan fingerprint density at radius 3 is 2.67 bits per heavy atom. The van der Waals surface area contributed by atoms with E-state index in [-0.39, 0.29) is 11.6 Å². The highest BCUT2D eigenvalue weighted by Crippen LogP contribution is 2.33. The van der Waals surface area contributed by atoms with Crippen molar-refractivity contribution in [3.8, 4) is 5.75 Å². The monoisotopic (exact) mass is 413 g/mol. The highest BCUT2D eigenvalue weighted by molar-refractivity contribution is 5.80. The average molecular weight is 414 g/mol. The Bertz CT molecular complexity index is 707. The van der Waals surface area contributed by atoms with Gasteiger partial charge in [-0.15, -0.1) is 0 Å². The van der Waals surface area contributed by atoms with Crippen LogP contribution in [0.2, 0.25) is 0 Å². The molecule has 3 aliphatic heterocycles. The number of fused-ring (bicyclic) bond motifs is 1. The lowest BCUT2D eigenvalue weighted by molar-refractivity contribution is 0.0208. The van der Waals surface area contributed by atoms with E-state index in [1.54, 1.807) is 0 Å². The third kappa shape index (κ3) is 4.92. The van der Waals surface area contributed by atoms with E-state index in [2.05, 4.69) is 52.6 Å². The second-order valence-electron chi connectivity index (χ2n) is 9.14. The van der Waals surface area contributed by atoms with E-state index in [9.17, 15) is 0 Å². The van der Waals surface area contributed by atoms with Gasteiger partial charge in [-0.25, -0.2) is 0 Å². The minimum Gasteiger partial charge on any atom is -0.493 e. The summed E-state index contributed by atoms with van der Waals surface area (Å²) in [6.45, 7) is 9.44. The van der Waals surface area contributed by atoms with E-state index in [1.807, 2.05) is 6.07 Å². The molecule has 166 valence electrons. The molecule has 0 bridgehead atoms. The molecule has 0 spiro atoms. The molecule has 1 unspecified atom stereocenters. The number of nitrogens with zero attached hydrogens (tertiary/aromatic N) is 3. The van der Waals surface area contributed by atoms with Crippen LogP contribution in [0.15, 0.2) is 29.3 Å². The van der Waals surface area contributed by atoms with Crippen molar-refractivity contribution in [3.63, 3.8) is 0 Å². The zero-order valence-electron chi connectivity index (χ0n) is 18.8. The van der Waals surface area contributed by atoms with Crippen LogP contribution in [0.3, 0.4) is 0 Å². The van der Waals surface area contributed by atoms with E-state index in [0.717, 1.165) is 37.8 Å². The van der Waals surface area contributed by atoms with E-state index in [0.29, 0.717) is 0 Å². The zero-order valence-corrected chi connectivity index (χ0v) is 18.8. The molecule has 0 saturated carbocycles. The Hall–Kier alpha value is -1.79. The van der Waals surface area contributed by atoms with Gasteiger partial charge < -0.3 is 20.3 Å². The van der Waals surface area contributed by atoms with Crippen molar-refractivity contribution in [1.82, 2.24) is 20.4 Å². The van der Waals surface area contributed by atoms with Crippen LogP contribution in [0, 0.1) is 0 Å². The molecule has 0 radical (unpaired) electrons. The number of benzene rings is 1. The molecule has 3 heterocycles. The maximum Gasteiger partial charge on any atom is 0.191 e. The maximum atomic E-state index is 5.84. The normalized spacial score (nSPS) is 25.3. The fourth-order valence-electron chi connectivity index (χ4n) is 5.18. The quantitative estimate of drug-likeness (QED) is 0.574. The lowest BCUT2D eigenvalue weighted by Gasteiger charge is -2.49. The van der Waals surface area contributed by atoms with Crippen LogP contribution in [0.25, 0.3) is 0 Å². The van der Waals surface area contributed by atoms with Gasteiger partial charge in [-0.2, -0.15) is 0 Å². The lowest BCUT2D eigenvalue weighted by Crippen LogP contribution is -2.58. The van der Waals surface area contributed by atoms with Gasteiger partial charge in [0.2, 0.25) is 0 Å². The first-order chi connectivity index (χ1) is 14.7. The number of rotatable bonds is 5. The standard InChI is InChI=1S/C24H39N5O/c1-3-25-23(27-21-11-18-30-22-10-6-5-9-20(21)22)26-19-24(12-16-28(2)17-13-24)29-14-7-4-8-15-29/h5-6,9-10,21H,3-4,7-8,11-19H2,1-2H3,(H2,25,26,27). The molecular weight excluding hydrogens is 374 g/mol. The number of hydrogen-bond acceptors (Lipinski definition) is 4. The summed E-state index contributed by atoms with van der Waals surface area (Å²) in [6, 6.07) is 8.62. The highest BCUT2D eigenvalue weighted by atomic mass is 16.5. The summed E-state index contributed by atoms with van der Waals surface area (Å²) in [5, 5.41) is 7.21. The highest BCUT2D eigenvalue weighted by Gasteiger charge is 2.39. The van der Waals surface area contributed by atoms with Crippen LogP contribution in [0.5, 0.6) is 5.75 Å². The van der Waals surface area contributed by atoms with E-state index in [1.165, 1.54) is 63.8 Å². The summed E-state index contributed by atoms with van der Waals surface area (Å²) in [7, 11) is 2.25. The Morgan fingerprint density at radius 1 is 1.13 bits per heavy atom. The second kappa shape index (κ2) is 10.0. The number of aliphatic imine (C=N–C) groups is 1. The Kier molecular flexibility index (Phi) is 7.16. The van der Waals surface area contributed by atoms with Crippen molar-refractivity contribution in [1.29, 1.82) is 0 Å². The van der Waals surface area contributed by atoms with Crippen molar-refractivity contribution in [2.45, 2.75) is 57.0 Å². The first-order valence-corrected chi connectivity index (χ1v) is 11.9. The molecule has 2 fully saturated rings. The molecule has 0 amide bonds. The van der Waals surface area contributed by atoms with Gasteiger partial charge in [-0.05, 0) is 71.9 Å². The summed E-state index contributed by atoms with van der Waals surface area (Å²) in [6.07, 6.45) is 7.43. The van der Waals surface area contributed by atoms with Crippen molar-refractivity contribution >= 4 is 5.96 Å². The molecule has 3 aliphatic rings. The first-order valence-electron chi connectivity index (χ1n) is 11.9. The number of nitrogens with one attached hydrogen (secondary N) is 2. The number of hydrogen-bond donors (Lipinski definition) is 2. The SMILES string of the molecule is CCNC(=NCC1(N2CCCCC2)CCN(C)CC1)NC1CCOc2ccccc21. The van der Waals surface area contributed by atoms with Gasteiger partial charge in [0, 0.05) is 24.1 Å². The Balaban J connectivity index is 1.50. The van der Waals surface area contributed by atoms with Crippen molar-refractivity contribution < 1.29 is 4.74 Å². The number of likely N-dealkylation sites (tertiary alicyclic amines) is 2. The summed E-state index contributed by atoms with van der Waals surface area (Å²) >= 11 is 0. The van der Waals surface area contributed by atoms with Gasteiger partial charge in [0.05, 0.1) is 19.2 Å². The summed E-state index contributed by atoms with van der Waals surface area (Å²) in [4.78, 5) is 10.4. The number of ether oxygens (including phenoxy) is 1. The van der Waals surface area contributed by atoms with Crippen LogP contribution >= 0.6 is 0 Å².